The van der Waals surface area contributed by atoms with E-state index in [9.17, 15) is 14.7 Å². The summed E-state index contributed by atoms with van der Waals surface area (Å²) in [6.45, 7) is 1.20. The van der Waals surface area contributed by atoms with Gasteiger partial charge in [0.2, 0.25) is 0 Å². The number of hydrogen-bond acceptors (Lipinski definition) is 3. The van der Waals surface area contributed by atoms with Gasteiger partial charge in [0.1, 0.15) is 0 Å². The molecule has 0 aliphatic heterocycles. The fourth-order valence-corrected chi connectivity index (χ4v) is 2.44. The molecule has 2 aromatic rings. The summed E-state index contributed by atoms with van der Waals surface area (Å²) in [6.07, 6.45) is 0. The summed E-state index contributed by atoms with van der Waals surface area (Å²) in [5.74, 6) is -0.143. The van der Waals surface area contributed by atoms with Crippen molar-refractivity contribution in [2.75, 3.05) is 11.9 Å². The van der Waals surface area contributed by atoms with Crippen LogP contribution in [0.5, 0.6) is 0 Å². The third kappa shape index (κ3) is 4.55. The van der Waals surface area contributed by atoms with E-state index in [2.05, 4.69) is 10.6 Å². The lowest BCUT2D eigenvalue weighted by Crippen LogP contribution is -2.34. The highest BCUT2D eigenvalue weighted by atomic mass is 35.5. The van der Waals surface area contributed by atoms with Crippen LogP contribution in [0.15, 0.2) is 48.5 Å². The zero-order valence-corrected chi connectivity index (χ0v) is 13.3. The maximum absolute atomic E-state index is 12.0. The molecule has 2 amide bonds. The average Bonchev–Trinajstić information content (AvgIpc) is 2.53. The van der Waals surface area contributed by atoms with Gasteiger partial charge in [0.25, 0.3) is 0 Å². The van der Waals surface area contributed by atoms with Gasteiger partial charge < -0.3 is 15.7 Å². The zero-order valence-electron chi connectivity index (χ0n) is 12.5. The van der Waals surface area contributed by atoms with Gasteiger partial charge in [-0.2, -0.15) is 0 Å². The van der Waals surface area contributed by atoms with E-state index in [1.165, 1.54) is 13.0 Å². The van der Waals surface area contributed by atoms with Crippen LogP contribution in [0.25, 0.3) is 0 Å². The molecule has 0 heterocycles. The normalized spacial score (nSPS) is 11.6. The zero-order chi connectivity index (χ0) is 16.8. The van der Waals surface area contributed by atoms with Crippen LogP contribution in [0.2, 0.25) is 5.02 Å². The second kappa shape index (κ2) is 7.76. The van der Waals surface area contributed by atoms with Gasteiger partial charge in [0.05, 0.1) is 17.7 Å². The molecule has 1 atom stereocenters. The molecule has 0 aliphatic rings. The fourth-order valence-electron chi connectivity index (χ4n) is 2.12. The molecule has 0 aliphatic carbocycles. The van der Waals surface area contributed by atoms with Crippen molar-refractivity contribution < 1.29 is 14.7 Å². The van der Waals surface area contributed by atoms with Gasteiger partial charge in [-0.05, 0) is 30.7 Å². The first kappa shape index (κ1) is 17.0. The number of urea groups is 1. The van der Waals surface area contributed by atoms with E-state index in [0.29, 0.717) is 11.3 Å². The molecular weight excluding hydrogens is 316 g/mol. The van der Waals surface area contributed by atoms with Crippen molar-refractivity contribution in [3.63, 3.8) is 0 Å². The number of halogens is 1. The third-order valence-corrected chi connectivity index (χ3v) is 3.61. The molecule has 2 rings (SSSR count). The van der Waals surface area contributed by atoms with Crippen molar-refractivity contribution in [3.05, 3.63) is 64.7 Å². The van der Waals surface area contributed by atoms with E-state index in [4.69, 9.17) is 11.6 Å². The number of anilines is 1. The van der Waals surface area contributed by atoms with Gasteiger partial charge >= 0.3 is 6.03 Å². The van der Waals surface area contributed by atoms with Crippen molar-refractivity contribution in [1.29, 1.82) is 0 Å². The molecular formula is C17H17ClN2O3. The number of nitrogens with one attached hydrogen (secondary N) is 2. The lowest BCUT2D eigenvalue weighted by molar-refractivity contribution is 0.101. The first-order valence-electron chi connectivity index (χ1n) is 7.05. The van der Waals surface area contributed by atoms with E-state index >= 15 is 0 Å². The largest absolute Gasteiger partial charge is 0.394 e. The Balaban J connectivity index is 2.04. The Hall–Kier alpha value is -2.37. The van der Waals surface area contributed by atoms with Crippen LogP contribution in [0, 0.1) is 0 Å². The molecule has 5 nitrogen and oxygen atoms in total. The lowest BCUT2D eigenvalue weighted by Gasteiger charge is -2.17. The fraction of sp³-hybridized carbons (Fsp3) is 0.176. The molecule has 0 bridgehead atoms. The maximum Gasteiger partial charge on any atom is 0.319 e. The summed E-state index contributed by atoms with van der Waals surface area (Å²) >= 11 is 6.00. The van der Waals surface area contributed by atoms with Gasteiger partial charge in [-0.1, -0.05) is 41.9 Å². The van der Waals surface area contributed by atoms with E-state index in [-0.39, 0.29) is 17.4 Å². The molecule has 0 spiro atoms. The maximum atomic E-state index is 12.0. The summed E-state index contributed by atoms with van der Waals surface area (Å²) in [6, 6.07) is 12.8. The first-order valence-corrected chi connectivity index (χ1v) is 7.43. The van der Waals surface area contributed by atoms with Crippen LogP contribution in [-0.4, -0.2) is 23.5 Å². The number of carbonyl (C=O) groups excluding carboxylic acids is 2. The highest BCUT2D eigenvalue weighted by Crippen LogP contribution is 2.21. The Kier molecular flexibility index (Phi) is 5.73. The molecule has 0 unspecified atom stereocenters. The molecule has 0 saturated carbocycles. The number of ketones is 1. The second-order valence-corrected chi connectivity index (χ2v) is 5.40. The second-order valence-electron chi connectivity index (χ2n) is 5.00. The van der Waals surface area contributed by atoms with E-state index < -0.39 is 12.1 Å². The number of Topliss-reactive ketones (excluding diaryl/α,β-unsaturated/α-hetero) is 1. The van der Waals surface area contributed by atoms with Crippen molar-refractivity contribution >= 4 is 29.1 Å². The van der Waals surface area contributed by atoms with Crippen molar-refractivity contribution in [2.45, 2.75) is 13.0 Å². The Morgan fingerprint density at radius 2 is 1.87 bits per heavy atom. The van der Waals surface area contributed by atoms with Crippen molar-refractivity contribution in [2.24, 2.45) is 0 Å². The number of hydrogen-bond donors (Lipinski definition) is 3. The smallest absolute Gasteiger partial charge is 0.319 e. The number of benzene rings is 2. The predicted octanol–water partition coefficient (Wildman–Crippen LogP) is 3.40. The van der Waals surface area contributed by atoms with Crippen LogP contribution in [-0.2, 0) is 0 Å². The Bertz CT molecular complexity index is 704. The monoisotopic (exact) mass is 332 g/mol. The third-order valence-electron chi connectivity index (χ3n) is 3.30. The first-order chi connectivity index (χ1) is 11.0. The topological polar surface area (TPSA) is 78.4 Å². The molecule has 0 aromatic heterocycles. The number of aliphatic hydroxyl groups is 1. The van der Waals surface area contributed by atoms with Gasteiger partial charge in [-0.25, -0.2) is 4.79 Å². The van der Waals surface area contributed by atoms with Crippen molar-refractivity contribution in [1.82, 2.24) is 5.32 Å². The minimum atomic E-state index is -0.511. The van der Waals surface area contributed by atoms with Crippen LogP contribution >= 0.6 is 11.6 Å². The molecule has 23 heavy (non-hydrogen) atoms. The van der Waals surface area contributed by atoms with Gasteiger partial charge in [0.15, 0.2) is 5.78 Å². The predicted molar refractivity (Wildman–Crippen MR) is 89.9 cm³/mol. The van der Waals surface area contributed by atoms with Gasteiger partial charge in [-0.3, -0.25) is 4.79 Å². The highest BCUT2D eigenvalue weighted by Gasteiger charge is 2.14. The standard InChI is InChI=1S/C17H17ClN2O3/c1-11(22)14-8-7-13(9-15(14)18)19-17(23)20-16(10-21)12-5-3-2-4-6-12/h2-9,16,21H,10H2,1H3,(H2,19,20,23)/t16-/m0/s1. The number of carbonyl (C=O) groups is 2. The number of aliphatic hydroxyl groups excluding tert-OH is 1. The molecule has 6 heteroatoms. The summed E-state index contributed by atoms with van der Waals surface area (Å²) < 4.78 is 0. The Labute approximate surface area is 139 Å². The average molecular weight is 333 g/mol. The molecule has 2 aromatic carbocycles. The van der Waals surface area contributed by atoms with E-state index in [1.807, 2.05) is 30.3 Å². The summed E-state index contributed by atoms with van der Waals surface area (Å²) in [5.41, 5.74) is 1.66. The van der Waals surface area contributed by atoms with Gasteiger partial charge in [0, 0.05) is 11.3 Å². The van der Waals surface area contributed by atoms with Crippen LogP contribution in [0.3, 0.4) is 0 Å². The quantitative estimate of drug-likeness (QED) is 0.734. The molecule has 0 radical (unpaired) electrons. The number of rotatable bonds is 5. The molecule has 0 saturated heterocycles. The Morgan fingerprint density at radius 1 is 1.17 bits per heavy atom. The van der Waals surface area contributed by atoms with Crippen LogP contribution in [0.1, 0.15) is 28.9 Å². The molecule has 3 N–H and O–H groups in total. The minimum absolute atomic E-state index is 0.143. The molecule has 120 valence electrons. The van der Waals surface area contributed by atoms with Crippen molar-refractivity contribution in [3.8, 4) is 0 Å². The van der Waals surface area contributed by atoms with E-state index in [0.717, 1.165) is 5.56 Å². The minimum Gasteiger partial charge on any atom is -0.394 e. The lowest BCUT2D eigenvalue weighted by atomic mass is 10.1. The Morgan fingerprint density at radius 3 is 2.43 bits per heavy atom. The summed E-state index contributed by atoms with van der Waals surface area (Å²) in [4.78, 5) is 23.4. The molecule has 0 fully saturated rings. The highest BCUT2D eigenvalue weighted by molar-refractivity contribution is 6.34. The number of amides is 2. The van der Waals surface area contributed by atoms with Crippen LogP contribution < -0.4 is 10.6 Å². The SMILES string of the molecule is CC(=O)c1ccc(NC(=O)N[C@@H](CO)c2ccccc2)cc1Cl. The summed E-state index contributed by atoms with van der Waals surface area (Å²) in [5, 5.41) is 15.0. The van der Waals surface area contributed by atoms with Crippen LogP contribution in [0.4, 0.5) is 10.5 Å². The van der Waals surface area contributed by atoms with E-state index in [1.54, 1.807) is 12.1 Å². The summed E-state index contributed by atoms with van der Waals surface area (Å²) in [7, 11) is 0. The van der Waals surface area contributed by atoms with Gasteiger partial charge in [-0.15, -0.1) is 0 Å².